The van der Waals surface area contributed by atoms with Crippen LogP contribution in [0.4, 0.5) is 0 Å². The number of carbonyl (C=O) groups is 1. The minimum absolute atomic E-state index is 0.0960. The third-order valence-electron chi connectivity index (χ3n) is 6.61. The lowest BCUT2D eigenvalue weighted by Gasteiger charge is -2.33. The summed E-state index contributed by atoms with van der Waals surface area (Å²) in [6, 6.07) is 13.4. The number of aromatic nitrogens is 8. The molecule has 7 rings (SSSR count). The predicted molar refractivity (Wildman–Crippen MR) is 128 cm³/mol. The molecule has 0 aromatic carbocycles. The summed E-state index contributed by atoms with van der Waals surface area (Å²) >= 11 is 0. The Morgan fingerprint density at radius 2 is 2.03 bits per heavy atom. The third kappa shape index (κ3) is 3.07. The van der Waals surface area contributed by atoms with Crippen LogP contribution < -0.4 is 0 Å². The SMILES string of the molecule is Cn1ccc(-c2ccc3c(C(=O)N4CCc5[nH]cnc5[C@@H]4c4cc5ccccn5n4)cnn3c2)n1. The second kappa shape index (κ2) is 7.39. The van der Waals surface area contributed by atoms with Crippen molar-refractivity contribution in [2.75, 3.05) is 6.54 Å². The van der Waals surface area contributed by atoms with Gasteiger partial charge in [0.15, 0.2) is 0 Å². The van der Waals surface area contributed by atoms with Crippen LogP contribution in [0.3, 0.4) is 0 Å². The molecular weight excluding hydrogens is 442 g/mol. The number of fused-ring (bicyclic) bond motifs is 3. The molecule has 6 aromatic rings. The van der Waals surface area contributed by atoms with Crippen LogP contribution in [0, 0.1) is 0 Å². The summed E-state index contributed by atoms with van der Waals surface area (Å²) < 4.78 is 5.32. The lowest BCUT2D eigenvalue weighted by Crippen LogP contribution is -2.41. The van der Waals surface area contributed by atoms with Crippen LogP contribution in [0.25, 0.3) is 22.3 Å². The van der Waals surface area contributed by atoms with Gasteiger partial charge >= 0.3 is 0 Å². The molecule has 0 aliphatic carbocycles. The van der Waals surface area contributed by atoms with Gasteiger partial charge < -0.3 is 9.88 Å². The van der Waals surface area contributed by atoms with Gasteiger partial charge in [-0.1, -0.05) is 6.07 Å². The summed E-state index contributed by atoms with van der Waals surface area (Å²) in [7, 11) is 1.88. The topological polar surface area (TPSA) is 101 Å². The van der Waals surface area contributed by atoms with E-state index >= 15 is 0 Å². The van der Waals surface area contributed by atoms with Crippen molar-refractivity contribution in [1.82, 2.24) is 43.9 Å². The summed E-state index contributed by atoms with van der Waals surface area (Å²) in [6.07, 6.45) is 9.74. The van der Waals surface area contributed by atoms with E-state index in [9.17, 15) is 4.79 Å². The first-order chi connectivity index (χ1) is 17.2. The number of aromatic amines is 1. The number of pyridine rings is 2. The molecular formula is C25H21N9O. The number of H-pyrrole nitrogens is 1. The van der Waals surface area contributed by atoms with E-state index in [-0.39, 0.29) is 11.9 Å². The van der Waals surface area contributed by atoms with E-state index in [2.05, 4.69) is 20.2 Å². The molecule has 1 atom stereocenters. The summed E-state index contributed by atoms with van der Waals surface area (Å²) in [6.45, 7) is 0.552. The van der Waals surface area contributed by atoms with Crippen molar-refractivity contribution in [1.29, 1.82) is 0 Å². The minimum Gasteiger partial charge on any atom is -0.348 e. The Morgan fingerprint density at radius 3 is 2.89 bits per heavy atom. The van der Waals surface area contributed by atoms with Crippen LogP contribution in [0.15, 0.2) is 73.6 Å². The van der Waals surface area contributed by atoms with Crippen molar-refractivity contribution >= 4 is 16.9 Å². The highest BCUT2D eigenvalue weighted by Crippen LogP contribution is 2.35. The van der Waals surface area contributed by atoms with Gasteiger partial charge in [0.05, 0.1) is 46.2 Å². The number of carbonyl (C=O) groups excluding carboxylic acids is 1. The van der Waals surface area contributed by atoms with E-state index in [1.54, 1.807) is 21.7 Å². The molecule has 0 fully saturated rings. The Labute approximate surface area is 199 Å². The molecule has 6 aromatic heterocycles. The molecule has 10 nitrogen and oxygen atoms in total. The molecule has 1 aliphatic rings. The molecule has 1 N–H and O–H groups in total. The molecule has 0 radical (unpaired) electrons. The van der Waals surface area contributed by atoms with Crippen molar-refractivity contribution in [3.8, 4) is 11.3 Å². The average Bonchev–Trinajstić information content (AvgIpc) is 3.67. The fraction of sp³-hybridized carbons (Fsp3) is 0.160. The number of amides is 1. The maximum absolute atomic E-state index is 13.9. The van der Waals surface area contributed by atoms with Gasteiger partial charge in [0.25, 0.3) is 5.91 Å². The molecule has 7 heterocycles. The van der Waals surface area contributed by atoms with Gasteiger partial charge in [-0.3, -0.25) is 9.48 Å². The number of aryl methyl sites for hydroxylation is 1. The van der Waals surface area contributed by atoms with Crippen molar-refractivity contribution in [2.24, 2.45) is 7.05 Å². The smallest absolute Gasteiger partial charge is 0.258 e. The molecule has 0 saturated heterocycles. The van der Waals surface area contributed by atoms with E-state index in [1.165, 1.54) is 0 Å². The minimum atomic E-state index is -0.389. The number of hydrogen-bond donors (Lipinski definition) is 1. The van der Waals surface area contributed by atoms with E-state index < -0.39 is 0 Å². The quantitative estimate of drug-likeness (QED) is 0.435. The average molecular weight is 464 g/mol. The maximum atomic E-state index is 13.9. The Hall–Kier alpha value is -4.73. The highest BCUT2D eigenvalue weighted by atomic mass is 16.2. The number of rotatable bonds is 3. The summed E-state index contributed by atoms with van der Waals surface area (Å²) in [4.78, 5) is 23.6. The fourth-order valence-electron chi connectivity index (χ4n) is 4.91. The van der Waals surface area contributed by atoms with Crippen LogP contribution in [-0.2, 0) is 13.5 Å². The van der Waals surface area contributed by atoms with Crippen molar-refractivity contribution in [2.45, 2.75) is 12.5 Å². The third-order valence-corrected chi connectivity index (χ3v) is 6.61. The normalized spacial score (nSPS) is 15.7. The summed E-state index contributed by atoms with van der Waals surface area (Å²) in [5.41, 5.74) is 6.70. The zero-order chi connectivity index (χ0) is 23.5. The van der Waals surface area contributed by atoms with Gasteiger partial charge in [-0.05, 0) is 36.4 Å². The Morgan fingerprint density at radius 1 is 1.09 bits per heavy atom. The van der Waals surface area contributed by atoms with Gasteiger partial charge in [0, 0.05) is 49.9 Å². The Kier molecular flexibility index (Phi) is 4.16. The molecule has 35 heavy (non-hydrogen) atoms. The molecule has 0 bridgehead atoms. The first kappa shape index (κ1) is 19.7. The maximum Gasteiger partial charge on any atom is 0.258 e. The standard InChI is InChI=1S/C25H21N9O/c1-31-10-7-19(29-31)16-5-6-22-18(13-28-34(22)14-16)25(35)32-11-8-20-23(27-15-26-20)24(32)21-12-17-4-2-3-9-33(17)30-21/h2-7,9-10,12-15,24H,8,11H2,1H3,(H,26,27)/t24-/m0/s1. The van der Waals surface area contributed by atoms with Crippen LogP contribution >= 0.6 is 0 Å². The van der Waals surface area contributed by atoms with Gasteiger partial charge in [0.1, 0.15) is 6.04 Å². The van der Waals surface area contributed by atoms with E-state index in [4.69, 9.17) is 5.10 Å². The number of hydrogen-bond acceptors (Lipinski definition) is 5. The second-order valence-electron chi connectivity index (χ2n) is 8.74. The van der Waals surface area contributed by atoms with Crippen molar-refractivity contribution in [3.63, 3.8) is 0 Å². The highest BCUT2D eigenvalue weighted by Gasteiger charge is 2.37. The molecule has 172 valence electrons. The largest absolute Gasteiger partial charge is 0.348 e. The van der Waals surface area contributed by atoms with Crippen molar-refractivity contribution in [3.05, 3.63) is 96.2 Å². The lowest BCUT2D eigenvalue weighted by atomic mass is 9.98. The molecule has 1 amide bonds. The molecule has 0 saturated carbocycles. The van der Waals surface area contributed by atoms with Gasteiger partial charge in [0.2, 0.25) is 0 Å². The summed E-state index contributed by atoms with van der Waals surface area (Å²) in [5, 5.41) is 13.7. The number of nitrogens with one attached hydrogen (secondary N) is 1. The van der Waals surface area contributed by atoms with E-state index in [0.717, 1.165) is 39.4 Å². The number of imidazole rings is 1. The molecule has 10 heteroatoms. The fourth-order valence-corrected chi connectivity index (χ4v) is 4.91. The van der Waals surface area contributed by atoms with Gasteiger partial charge in [-0.2, -0.15) is 15.3 Å². The highest BCUT2D eigenvalue weighted by molar-refractivity contribution is 6.01. The van der Waals surface area contributed by atoms with Crippen LogP contribution in [0.1, 0.15) is 33.5 Å². The van der Waals surface area contributed by atoms with Gasteiger partial charge in [-0.25, -0.2) is 14.0 Å². The predicted octanol–water partition coefficient (Wildman–Crippen LogP) is 2.89. The van der Waals surface area contributed by atoms with Crippen LogP contribution in [0.2, 0.25) is 0 Å². The van der Waals surface area contributed by atoms with Crippen molar-refractivity contribution < 1.29 is 4.79 Å². The van der Waals surface area contributed by atoms with Gasteiger partial charge in [-0.15, -0.1) is 0 Å². The first-order valence-electron chi connectivity index (χ1n) is 11.4. The van der Waals surface area contributed by atoms with E-state index in [0.29, 0.717) is 18.5 Å². The molecule has 0 spiro atoms. The molecule has 0 unspecified atom stereocenters. The zero-order valence-electron chi connectivity index (χ0n) is 18.9. The zero-order valence-corrected chi connectivity index (χ0v) is 18.9. The molecule has 1 aliphatic heterocycles. The second-order valence-corrected chi connectivity index (χ2v) is 8.74. The first-order valence-corrected chi connectivity index (χ1v) is 11.4. The lowest BCUT2D eigenvalue weighted by molar-refractivity contribution is 0.0689. The van der Waals surface area contributed by atoms with E-state index in [1.807, 2.05) is 77.5 Å². The Bertz CT molecular complexity index is 1690. The Balaban J connectivity index is 1.30. The monoisotopic (exact) mass is 463 g/mol. The van der Waals surface area contributed by atoms with Crippen LogP contribution in [-0.4, -0.2) is 56.3 Å². The summed E-state index contributed by atoms with van der Waals surface area (Å²) in [5.74, 6) is -0.0960. The van der Waals surface area contributed by atoms with Crippen LogP contribution in [0.5, 0.6) is 0 Å². The number of nitrogens with zero attached hydrogens (tertiary/aromatic N) is 8.